The molecule has 132 valence electrons. The Morgan fingerprint density at radius 1 is 0.852 bits per heavy atom. The van der Waals surface area contributed by atoms with Crippen molar-refractivity contribution in [3.63, 3.8) is 0 Å². The molecule has 0 aliphatic carbocycles. The van der Waals surface area contributed by atoms with Crippen LogP contribution in [0, 0.1) is 0 Å². The normalized spacial score (nSPS) is 10.5. The first-order chi connectivity index (χ1) is 13.3. The Labute approximate surface area is 158 Å². The van der Waals surface area contributed by atoms with Crippen LogP contribution in [-0.2, 0) is 11.2 Å². The Morgan fingerprint density at radius 2 is 1.56 bits per heavy atom. The zero-order chi connectivity index (χ0) is 18.5. The number of nitrogens with zero attached hydrogens (tertiary/aromatic N) is 2. The molecule has 1 amide bonds. The third-order valence-corrected chi connectivity index (χ3v) is 4.38. The number of carbonyl (C=O) groups excluding carboxylic acids is 1. The smallest absolute Gasteiger partial charge is 0.228 e. The van der Waals surface area contributed by atoms with Crippen LogP contribution in [-0.4, -0.2) is 15.5 Å². The van der Waals surface area contributed by atoms with E-state index in [1.165, 1.54) is 5.56 Å². The molecule has 1 aromatic heterocycles. The molecule has 3 aromatic carbocycles. The first-order valence-electron chi connectivity index (χ1n) is 8.80. The van der Waals surface area contributed by atoms with Gasteiger partial charge in [0.2, 0.25) is 5.91 Å². The van der Waals surface area contributed by atoms with Crippen LogP contribution in [0.4, 0.5) is 5.69 Å². The molecule has 0 unspecified atom stereocenters. The fourth-order valence-corrected chi connectivity index (χ4v) is 2.96. The van der Waals surface area contributed by atoms with Crippen molar-refractivity contribution >= 4 is 11.6 Å². The first kappa shape index (κ1) is 16.8. The molecule has 4 rings (SSSR count). The van der Waals surface area contributed by atoms with Gasteiger partial charge in [0.15, 0.2) is 0 Å². The van der Waals surface area contributed by atoms with Crippen molar-refractivity contribution < 1.29 is 4.79 Å². The van der Waals surface area contributed by atoms with Gasteiger partial charge in [-0.2, -0.15) is 0 Å². The van der Waals surface area contributed by atoms with Crippen molar-refractivity contribution in [3.05, 3.63) is 103 Å². The lowest BCUT2D eigenvalue weighted by atomic mass is 10.0. The molecule has 0 atom stereocenters. The van der Waals surface area contributed by atoms with Crippen LogP contribution in [0.1, 0.15) is 5.56 Å². The number of hydrogen-bond donors (Lipinski definition) is 1. The molecule has 0 bridgehead atoms. The Bertz CT molecular complexity index is 1010. The average molecular weight is 353 g/mol. The van der Waals surface area contributed by atoms with Crippen molar-refractivity contribution in [2.75, 3.05) is 5.32 Å². The van der Waals surface area contributed by atoms with Gasteiger partial charge in [0.05, 0.1) is 12.7 Å². The maximum Gasteiger partial charge on any atom is 0.228 e. The molecule has 1 N–H and O–H groups in total. The molecule has 0 aliphatic heterocycles. The minimum Gasteiger partial charge on any atom is -0.326 e. The highest BCUT2D eigenvalue weighted by Gasteiger charge is 2.05. The SMILES string of the molecule is O=C(Cc1ccc(-c2ccccc2)cc1)Nc1ccc(-n2ccnc2)cc1. The van der Waals surface area contributed by atoms with E-state index in [9.17, 15) is 4.79 Å². The molecule has 0 radical (unpaired) electrons. The molecule has 0 fully saturated rings. The van der Waals surface area contributed by atoms with Crippen molar-refractivity contribution in [2.45, 2.75) is 6.42 Å². The Balaban J connectivity index is 1.38. The second kappa shape index (κ2) is 7.70. The average Bonchev–Trinajstić information content (AvgIpc) is 3.25. The van der Waals surface area contributed by atoms with E-state index < -0.39 is 0 Å². The lowest BCUT2D eigenvalue weighted by Gasteiger charge is -2.08. The maximum atomic E-state index is 12.3. The Hall–Kier alpha value is -3.66. The van der Waals surface area contributed by atoms with E-state index in [1.807, 2.05) is 65.4 Å². The molecule has 4 heteroatoms. The molecular formula is C23H19N3O. The van der Waals surface area contributed by atoms with Crippen LogP contribution in [0.25, 0.3) is 16.8 Å². The fourth-order valence-electron chi connectivity index (χ4n) is 2.96. The van der Waals surface area contributed by atoms with Crippen LogP contribution in [0.3, 0.4) is 0 Å². The highest BCUT2D eigenvalue weighted by atomic mass is 16.1. The van der Waals surface area contributed by atoms with Gasteiger partial charge < -0.3 is 9.88 Å². The van der Waals surface area contributed by atoms with Crippen LogP contribution >= 0.6 is 0 Å². The molecule has 27 heavy (non-hydrogen) atoms. The number of aromatic nitrogens is 2. The van der Waals surface area contributed by atoms with Crippen molar-refractivity contribution in [3.8, 4) is 16.8 Å². The molecular weight excluding hydrogens is 334 g/mol. The molecule has 0 spiro atoms. The van der Waals surface area contributed by atoms with Crippen molar-refractivity contribution in [2.24, 2.45) is 0 Å². The van der Waals surface area contributed by atoms with Crippen LogP contribution in [0.15, 0.2) is 97.6 Å². The standard InChI is InChI=1S/C23H19N3O/c27-23(25-21-10-12-22(13-11-21)26-15-14-24-17-26)16-18-6-8-20(9-7-18)19-4-2-1-3-5-19/h1-15,17H,16H2,(H,25,27). The summed E-state index contributed by atoms with van der Waals surface area (Å²) in [6.07, 6.45) is 5.70. The van der Waals surface area contributed by atoms with Crippen LogP contribution < -0.4 is 5.32 Å². The van der Waals surface area contributed by atoms with E-state index in [-0.39, 0.29) is 5.91 Å². The van der Waals surface area contributed by atoms with E-state index in [2.05, 4.69) is 34.6 Å². The summed E-state index contributed by atoms with van der Waals surface area (Å²) < 4.78 is 1.92. The predicted octanol–water partition coefficient (Wildman–Crippen LogP) is 4.72. The number of carbonyl (C=O) groups is 1. The number of nitrogens with one attached hydrogen (secondary N) is 1. The summed E-state index contributed by atoms with van der Waals surface area (Å²) >= 11 is 0. The molecule has 4 nitrogen and oxygen atoms in total. The Morgan fingerprint density at radius 3 is 2.22 bits per heavy atom. The van der Waals surface area contributed by atoms with Crippen LogP contribution in [0.2, 0.25) is 0 Å². The lowest BCUT2D eigenvalue weighted by molar-refractivity contribution is -0.115. The topological polar surface area (TPSA) is 46.9 Å². The number of hydrogen-bond acceptors (Lipinski definition) is 2. The Kier molecular flexibility index (Phi) is 4.79. The third-order valence-electron chi connectivity index (χ3n) is 4.38. The molecule has 4 aromatic rings. The van der Waals surface area contributed by atoms with Gasteiger partial charge in [-0.05, 0) is 41.0 Å². The lowest BCUT2D eigenvalue weighted by Crippen LogP contribution is -2.14. The zero-order valence-electron chi connectivity index (χ0n) is 14.7. The summed E-state index contributed by atoms with van der Waals surface area (Å²) in [4.78, 5) is 16.4. The van der Waals surface area contributed by atoms with Gasteiger partial charge in [-0.25, -0.2) is 4.98 Å². The second-order valence-electron chi connectivity index (χ2n) is 6.30. The summed E-state index contributed by atoms with van der Waals surface area (Å²) in [5.41, 5.74) is 5.09. The van der Waals surface area contributed by atoms with Crippen molar-refractivity contribution in [1.29, 1.82) is 0 Å². The number of anilines is 1. The largest absolute Gasteiger partial charge is 0.326 e. The van der Waals surface area contributed by atoms with E-state index in [4.69, 9.17) is 0 Å². The van der Waals surface area contributed by atoms with E-state index >= 15 is 0 Å². The minimum atomic E-state index is -0.0298. The minimum absolute atomic E-state index is 0.0298. The van der Waals surface area contributed by atoms with Gasteiger partial charge in [0, 0.05) is 23.8 Å². The van der Waals surface area contributed by atoms with E-state index in [0.717, 1.165) is 22.5 Å². The van der Waals surface area contributed by atoms with E-state index in [1.54, 1.807) is 12.5 Å². The maximum absolute atomic E-state index is 12.3. The number of rotatable bonds is 5. The summed E-state index contributed by atoms with van der Waals surface area (Å²) in [5.74, 6) is -0.0298. The van der Waals surface area contributed by atoms with Crippen molar-refractivity contribution in [1.82, 2.24) is 9.55 Å². The number of amides is 1. The molecule has 1 heterocycles. The molecule has 0 aliphatic rings. The van der Waals surface area contributed by atoms with Gasteiger partial charge in [-0.3, -0.25) is 4.79 Å². The highest BCUT2D eigenvalue weighted by molar-refractivity contribution is 5.92. The van der Waals surface area contributed by atoms with Gasteiger partial charge >= 0.3 is 0 Å². The van der Waals surface area contributed by atoms with Gasteiger partial charge in [-0.1, -0.05) is 54.6 Å². The second-order valence-corrected chi connectivity index (χ2v) is 6.30. The highest BCUT2D eigenvalue weighted by Crippen LogP contribution is 2.20. The summed E-state index contributed by atoms with van der Waals surface area (Å²) in [5, 5.41) is 2.95. The fraction of sp³-hybridized carbons (Fsp3) is 0.0435. The first-order valence-corrected chi connectivity index (χ1v) is 8.80. The predicted molar refractivity (Wildman–Crippen MR) is 108 cm³/mol. The summed E-state index contributed by atoms with van der Waals surface area (Å²) in [7, 11) is 0. The molecule has 0 saturated heterocycles. The van der Waals surface area contributed by atoms with Gasteiger partial charge in [0.25, 0.3) is 0 Å². The number of imidazole rings is 1. The van der Waals surface area contributed by atoms with E-state index in [0.29, 0.717) is 6.42 Å². The van der Waals surface area contributed by atoms with Gasteiger partial charge in [0.1, 0.15) is 0 Å². The summed E-state index contributed by atoms with van der Waals surface area (Å²) in [6.45, 7) is 0. The molecule has 0 saturated carbocycles. The third kappa shape index (κ3) is 4.12. The number of benzene rings is 3. The van der Waals surface area contributed by atoms with Crippen LogP contribution in [0.5, 0.6) is 0 Å². The quantitative estimate of drug-likeness (QED) is 0.564. The summed E-state index contributed by atoms with van der Waals surface area (Å²) in [6, 6.07) is 26.0. The van der Waals surface area contributed by atoms with Gasteiger partial charge in [-0.15, -0.1) is 0 Å². The zero-order valence-corrected chi connectivity index (χ0v) is 14.7. The monoisotopic (exact) mass is 353 g/mol.